The van der Waals surface area contributed by atoms with Gasteiger partial charge in [-0.1, -0.05) is 66.3 Å². The second-order valence-corrected chi connectivity index (χ2v) is 9.76. The Morgan fingerprint density at radius 3 is 2.58 bits per heavy atom. The lowest BCUT2D eigenvalue weighted by Crippen LogP contribution is -2.45. The van der Waals surface area contributed by atoms with Gasteiger partial charge < -0.3 is 15.5 Å². The van der Waals surface area contributed by atoms with Crippen LogP contribution in [-0.4, -0.2) is 40.9 Å². The van der Waals surface area contributed by atoms with Crippen molar-refractivity contribution in [3.63, 3.8) is 0 Å². The second kappa shape index (κ2) is 11.7. The van der Waals surface area contributed by atoms with E-state index >= 15 is 0 Å². The Hall–Kier alpha value is -2.38. The van der Waals surface area contributed by atoms with Gasteiger partial charge in [-0.05, 0) is 67.3 Å². The molecule has 0 heterocycles. The van der Waals surface area contributed by atoms with E-state index in [4.69, 9.17) is 0 Å². The number of nitrogens with one attached hydrogen (secondary N) is 2. The predicted molar refractivity (Wildman–Crippen MR) is 133 cm³/mol. The van der Waals surface area contributed by atoms with Crippen LogP contribution in [0, 0.1) is 5.92 Å². The molecule has 0 spiro atoms. The summed E-state index contributed by atoms with van der Waals surface area (Å²) < 4.78 is 3.21. The van der Waals surface area contributed by atoms with Crippen molar-refractivity contribution in [2.45, 2.75) is 55.2 Å². The highest BCUT2D eigenvalue weighted by atomic mass is 32.2. The molecule has 0 saturated carbocycles. The predicted octanol–water partition coefficient (Wildman–Crippen LogP) is 3.79. The summed E-state index contributed by atoms with van der Waals surface area (Å²) in [6, 6.07) is 19.4. The van der Waals surface area contributed by atoms with Crippen LogP contribution in [0.5, 0.6) is 0 Å². The van der Waals surface area contributed by atoms with Gasteiger partial charge in [0.2, 0.25) is 5.91 Å². The van der Waals surface area contributed by atoms with Crippen LogP contribution in [0.3, 0.4) is 0 Å². The summed E-state index contributed by atoms with van der Waals surface area (Å²) in [5.41, 5.74) is 3.36. The molecule has 2 aliphatic carbocycles. The first-order valence-corrected chi connectivity index (χ1v) is 12.5. The van der Waals surface area contributed by atoms with Gasteiger partial charge in [-0.2, -0.15) is 0 Å². The molecule has 0 aliphatic heterocycles. The van der Waals surface area contributed by atoms with E-state index in [2.05, 4.69) is 16.1 Å². The number of aliphatic hydroxyl groups is 2. The molecular weight excluding hydrogens is 432 g/mol. The summed E-state index contributed by atoms with van der Waals surface area (Å²) in [6.07, 6.45) is 6.34. The number of hydrogen-bond donors (Lipinski definition) is 4. The largest absolute Gasteiger partial charge is 0.392 e. The molecule has 0 fully saturated rings. The Morgan fingerprint density at radius 2 is 1.82 bits per heavy atom. The van der Waals surface area contributed by atoms with Gasteiger partial charge in [-0.15, -0.1) is 0 Å². The normalized spacial score (nSPS) is 21.5. The monoisotopic (exact) mass is 464 g/mol. The lowest BCUT2D eigenvalue weighted by atomic mass is 9.91. The fourth-order valence-corrected chi connectivity index (χ4v) is 5.33. The molecule has 1 amide bonds. The van der Waals surface area contributed by atoms with E-state index in [1.165, 1.54) is 17.5 Å². The molecule has 0 radical (unpaired) electrons. The molecular formula is C27H32N2O3S. The van der Waals surface area contributed by atoms with Crippen molar-refractivity contribution in [1.29, 1.82) is 0 Å². The van der Waals surface area contributed by atoms with E-state index in [-0.39, 0.29) is 11.9 Å². The zero-order valence-corrected chi connectivity index (χ0v) is 19.5. The third-order valence-corrected chi connectivity index (χ3v) is 7.11. The minimum absolute atomic E-state index is 0.120. The van der Waals surface area contributed by atoms with Gasteiger partial charge in [0.05, 0.1) is 18.2 Å². The third kappa shape index (κ3) is 6.58. The molecule has 4 unspecified atom stereocenters. The van der Waals surface area contributed by atoms with Crippen LogP contribution in [0.4, 0.5) is 0 Å². The van der Waals surface area contributed by atoms with Crippen molar-refractivity contribution < 1.29 is 15.0 Å². The first-order valence-electron chi connectivity index (χ1n) is 11.6. The lowest BCUT2D eigenvalue weighted by Gasteiger charge is -2.25. The van der Waals surface area contributed by atoms with E-state index in [9.17, 15) is 15.0 Å². The molecule has 2 aromatic carbocycles. The van der Waals surface area contributed by atoms with Crippen molar-refractivity contribution >= 4 is 17.9 Å². The van der Waals surface area contributed by atoms with Gasteiger partial charge >= 0.3 is 0 Å². The fourth-order valence-electron chi connectivity index (χ4n) is 4.60. The number of carbonyl (C=O) groups is 1. The lowest BCUT2D eigenvalue weighted by molar-refractivity contribution is -0.127. The molecule has 4 atom stereocenters. The molecule has 6 heteroatoms. The highest BCUT2D eigenvalue weighted by molar-refractivity contribution is 7.97. The molecule has 2 aliphatic rings. The molecule has 2 aromatic rings. The average Bonchev–Trinajstić information content (AvgIpc) is 3.15. The SMILES string of the molecule is O=C(NC1C2=C(CCC=C2)CC1O)C(Cc1ccccc1)CC(O)CNSc1ccccc1. The van der Waals surface area contributed by atoms with Gasteiger partial charge in [0, 0.05) is 17.4 Å². The number of amides is 1. The van der Waals surface area contributed by atoms with Gasteiger partial charge in [-0.25, -0.2) is 0 Å². The quantitative estimate of drug-likeness (QED) is 0.402. The zero-order valence-electron chi connectivity index (χ0n) is 18.7. The first-order chi connectivity index (χ1) is 16.1. The Balaban J connectivity index is 1.39. The summed E-state index contributed by atoms with van der Waals surface area (Å²) >= 11 is 1.47. The van der Waals surface area contributed by atoms with Crippen LogP contribution in [0.2, 0.25) is 0 Å². The van der Waals surface area contributed by atoms with E-state index in [0.717, 1.165) is 28.9 Å². The molecule has 0 saturated heterocycles. The summed E-state index contributed by atoms with van der Waals surface area (Å²) in [5.74, 6) is -0.513. The Kier molecular flexibility index (Phi) is 8.40. The van der Waals surface area contributed by atoms with Gasteiger partial charge in [0.1, 0.15) is 0 Å². The van der Waals surface area contributed by atoms with Crippen molar-refractivity contribution in [3.05, 3.63) is 89.5 Å². The number of rotatable bonds is 10. The van der Waals surface area contributed by atoms with Crippen LogP contribution in [0.25, 0.3) is 0 Å². The second-order valence-electron chi connectivity index (χ2n) is 8.80. The average molecular weight is 465 g/mol. The van der Waals surface area contributed by atoms with Gasteiger partial charge in [0.25, 0.3) is 0 Å². The van der Waals surface area contributed by atoms with E-state index in [0.29, 0.717) is 25.8 Å². The highest BCUT2D eigenvalue weighted by Crippen LogP contribution is 2.34. The summed E-state index contributed by atoms with van der Waals surface area (Å²) in [6.45, 7) is 0.377. The van der Waals surface area contributed by atoms with Crippen LogP contribution < -0.4 is 10.0 Å². The number of benzene rings is 2. The molecule has 174 valence electrons. The maximum atomic E-state index is 13.3. The van der Waals surface area contributed by atoms with E-state index in [1.807, 2.05) is 66.7 Å². The molecule has 5 nitrogen and oxygen atoms in total. The van der Waals surface area contributed by atoms with Crippen molar-refractivity contribution in [2.24, 2.45) is 5.92 Å². The molecule has 4 N–H and O–H groups in total. The van der Waals surface area contributed by atoms with Gasteiger partial charge in [-0.3, -0.25) is 9.52 Å². The van der Waals surface area contributed by atoms with Crippen LogP contribution in [0.15, 0.2) is 88.9 Å². The number of hydrogen-bond acceptors (Lipinski definition) is 5. The first kappa shape index (κ1) is 23.8. The molecule has 0 aromatic heterocycles. The van der Waals surface area contributed by atoms with Crippen LogP contribution in [-0.2, 0) is 11.2 Å². The third-order valence-electron chi connectivity index (χ3n) is 6.30. The van der Waals surface area contributed by atoms with Crippen molar-refractivity contribution in [2.75, 3.05) is 6.54 Å². The Bertz CT molecular complexity index is 977. The van der Waals surface area contributed by atoms with Gasteiger partial charge in [0.15, 0.2) is 0 Å². The summed E-state index contributed by atoms with van der Waals surface area (Å²) in [4.78, 5) is 14.4. The number of carbonyl (C=O) groups excluding carboxylic acids is 1. The smallest absolute Gasteiger partial charge is 0.224 e. The standard InChI is InChI=1S/C27H32N2O3S/c30-22(18-28-33-23-12-5-2-6-13-23)16-21(15-19-9-3-1-4-10-19)27(32)29-26-24-14-8-7-11-20(24)17-25(26)31/h1-6,8-10,12-14,21-22,25-26,28,30-31H,7,11,15-18H2,(H,29,32). The number of allylic oxidation sites excluding steroid dienone is 1. The summed E-state index contributed by atoms with van der Waals surface area (Å²) in [7, 11) is 0. The van der Waals surface area contributed by atoms with Crippen LogP contribution in [0.1, 0.15) is 31.2 Å². The maximum absolute atomic E-state index is 13.3. The Labute approximate surface area is 200 Å². The van der Waals surface area contributed by atoms with Crippen LogP contribution >= 0.6 is 11.9 Å². The van der Waals surface area contributed by atoms with Crippen molar-refractivity contribution in [1.82, 2.24) is 10.0 Å². The molecule has 4 rings (SSSR count). The fraction of sp³-hybridized carbons (Fsp3) is 0.370. The zero-order chi connectivity index (χ0) is 23.0. The molecule has 33 heavy (non-hydrogen) atoms. The topological polar surface area (TPSA) is 81.6 Å². The number of aliphatic hydroxyl groups excluding tert-OH is 2. The minimum atomic E-state index is -0.668. The van der Waals surface area contributed by atoms with E-state index < -0.39 is 18.1 Å². The molecule has 0 bridgehead atoms. The van der Waals surface area contributed by atoms with Crippen molar-refractivity contribution in [3.8, 4) is 0 Å². The highest BCUT2D eigenvalue weighted by Gasteiger charge is 2.35. The van der Waals surface area contributed by atoms with E-state index in [1.54, 1.807) is 0 Å². The minimum Gasteiger partial charge on any atom is -0.392 e. The summed E-state index contributed by atoms with van der Waals surface area (Å²) in [5, 5.41) is 24.4. The Morgan fingerprint density at radius 1 is 1.09 bits per heavy atom. The maximum Gasteiger partial charge on any atom is 0.224 e.